The first-order valence-electron chi connectivity index (χ1n) is 13.8. The fourth-order valence-electron chi connectivity index (χ4n) is 5.62. The third-order valence-electron chi connectivity index (χ3n) is 8.01. The number of esters is 1. The molecule has 0 bridgehead atoms. The second-order valence-electron chi connectivity index (χ2n) is 11.6. The van der Waals surface area contributed by atoms with Crippen molar-refractivity contribution in [3.8, 4) is 5.75 Å². The molecule has 4 aromatic carbocycles. The van der Waals surface area contributed by atoms with Crippen molar-refractivity contribution in [2.24, 2.45) is 5.41 Å². The molecule has 0 aliphatic heterocycles. The minimum atomic E-state index is -0.875. The molecule has 0 spiro atoms. The highest BCUT2D eigenvalue weighted by Crippen LogP contribution is 2.43. The number of hydrogen-bond acceptors (Lipinski definition) is 3. The lowest BCUT2D eigenvalue weighted by Crippen LogP contribution is -2.44. The van der Waals surface area contributed by atoms with E-state index >= 15 is 0 Å². The predicted octanol–water partition coefficient (Wildman–Crippen LogP) is 8.40. The topological polar surface area (TPSA) is 46.5 Å². The van der Waals surface area contributed by atoms with Crippen LogP contribution in [0.3, 0.4) is 0 Å². The number of rotatable bonds is 11. The van der Waals surface area contributed by atoms with Gasteiger partial charge in [0.05, 0.1) is 5.41 Å². The molecule has 4 rings (SSSR count). The molecule has 0 amide bonds. The van der Waals surface area contributed by atoms with Gasteiger partial charge in [0.25, 0.3) is 0 Å². The number of hydrogen-bond donors (Lipinski definition) is 1. The van der Waals surface area contributed by atoms with Gasteiger partial charge in [0.15, 0.2) is 0 Å². The van der Waals surface area contributed by atoms with Crippen molar-refractivity contribution in [2.75, 3.05) is 0 Å². The van der Waals surface area contributed by atoms with Gasteiger partial charge in [-0.05, 0) is 59.6 Å². The smallest absolute Gasteiger partial charge is 0.312 e. The van der Waals surface area contributed by atoms with E-state index in [2.05, 4.69) is 57.2 Å². The number of carbonyl (C=O) groups excluding carboxylic acids is 1. The van der Waals surface area contributed by atoms with E-state index in [1.807, 2.05) is 73.7 Å². The number of aromatic hydroxyl groups is 1. The van der Waals surface area contributed by atoms with Crippen LogP contribution in [0.25, 0.3) is 0 Å². The highest BCUT2D eigenvalue weighted by atomic mass is 16.6. The summed E-state index contributed by atoms with van der Waals surface area (Å²) < 4.78 is 6.81. The number of phenols is 1. The quantitative estimate of drug-likeness (QED) is 0.202. The molecular formula is C36H40O3. The maximum Gasteiger partial charge on any atom is 0.312 e. The van der Waals surface area contributed by atoms with Gasteiger partial charge < -0.3 is 9.84 Å². The SMILES string of the molecule is CCC(C)(CC(C)(C)c1ccc(O)cc1)C(=O)OC(Cc1ccccc1)(Cc1ccccc1)c1ccccc1. The van der Waals surface area contributed by atoms with Crippen LogP contribution in [0.4, 0.5) is 0 Å². The molecule has 4 aromatic rings. The number of carbonyl (C=O) groups is 1. The number of benzene rings is 4. The summed E-state index contributed by atoms with van der Waals surface area (Å²) in [6.07, 6.45) is 2.40. The molecule has 3 nitrogen and oxygen atoms in total. The monoisotopic (exact) mass is 520 g/mol. The lowest BCUT2D eigenvalue weighted by Gasteiger charge is -2.41. The zero-order valence-corrected chi connectivity index (χ0v) is 23.6. The Morgan fingerprint density at radius 3 is 1.59 bits per heavy atom. The van der Waals surface area contributed by atoms with Crippen molar-refractivity contribution >= 4 is 5.97 Å². The average molecular weight is 521 g/mol. The first kappa shape index (κ1) is 28.2. The molecule has 1 N–H and O–H groups in total. The first-order valence-corrected chi connectivity index (χ1v) is 13.8. The summed E-state index contributed by atoms with van der Waals surface area (Å²) in [5.41, 5.74) is 2.42. The van der Waals surface area contributed by atoms with E-state index in [0.29, 0.717) is 25.7 Å². The Kier molecular flexibility index (Phi) is 8.60. The summed E-state index contributed by atoms with van der Waals surface area (Å²) in [5.74, 6) is 0.0502. The molecule has 1 atom stereocenters. The molecular weight excluding hydrogens is 480 g/mol. The maximum atomic E-state index is 14.4. The van der Waals surface area contributed by atoms with Gasteiger partial charge in [-0.15, -0.1) is 0 Å². The van der Waals surface area contributed by atoms with Gasteiger partial charge >= 0.3 is 5.97 Å². The molecule has 3 heteroatoms. The third kappa shape index (κ3) is 6.78. The van der Waals surface area contributed by atoms with Gasteiger partial charge in [0.1, 0.15) is 11.4 Å². The third-order valence-corrected chi connectivity index (χ3v) is 8.01. The molecule has 0 radical (unpaired) electrons. The van der Waals surface area contributed by atoms with Crippen LogP contribution in [0.1, 0.15) is 62.8 Å². The van der Waals surface area contributed by atoms with Gasteiger partial charge in [-0.3, -0.25) is 4.79 Å². The Morgan fingerprint density at radius 2 is 1.13 bits per heavy atom. The van der Waals surface area contributed by atoms with Crippen LogP contribution in [0, 0.1) is 5.41 Å². The molecule has 0 aromatic heterocycles. The zero-order valence-electron chi connectivity index (χ0n) is 23.6. The number of ether oxygens (including phenoxy) is 1. The van der Waals surface area contributed by atoms with Crippen molar-refractivity contribution in [1.82, 2.24) is 0 Å². The largest absolute Gasteiger partial charge is 0.508 e. The van der Waals surface area contributed by atoms with Crippen LogP contribution < -0.4 is 0 Å². The summed E-state index contributed by atoms with van der Waals surface area (Å²) in [6, 6.07) is 38.0. The fourth-order valence-corrected chi connectivity index (χ4v) is 5.62. The van der Waals surface area contributed by atoms with E-state index in [1.165, 1.54) is 0 Å². The van der Waals surface area contributed by atoms with Crippen LogP contribution in [-0.2, 0) is 33.4 Å². The molecule has 39 heavy (non-hydrogen) atoms. The summed E-state index contributed by atoms with van der Waals surface area (Å²) >= 11 is 0. The Labute approximate surface area is 233 Å². The van der Waals surface area contributed by atoms with E-state index in [4.69, 9.17) is 4.74 Å². The standard InChI is InChI=1S/C36H40O3/c1-5-35(4,27-34(2,3)30-21-23-32(37)24-22-30)33(38)39-36(31-19-13-8-14-20-31,25-28-15-9-6-10-16-28)26-29-17-11-7-12-18-29/h6-24,37H,5,25-27H2,1-4H3. The molecule has 0 heterocycles. The molecule has 1 unspecified atom stereocenters. The zero-order chi connectivity index (χ0) is 27.9. The van der Waals surface area contributed by atoms with Crippen LogP contribution in [0.2, 0.25) is 0 Å². The van der Waals surface area contributed by atoms with E-state index in [1.54, 1.807) is 12.1 Å². The summed E-state index contributed by atoms with van der Waals surface area (Å²) in [5, 5.41) is 9.79. The second kappa shape index (κ2) is 11.9. The summed E-state index contributed by atoms with van der Waals surface area (Å²) in [6.45, 7) is 8.39. The lowest BCUT2D eigenvalue weighted by atomic mass is 9.69. The van der Waals surface area contributed by atoms with Crippen molar-refractivity contribution in [1.29, 1.82) is 0 Å². The molecule has 0 saturated heterocycles. The van der Waals surface area contributed by atoms with E-state index in [-0.39, 0.29) is 17.1 Å². The maximum absolute atomic E-state index is 14.4. The van der Waals surface area contributed by atoms with Gasteiger partial charge in [-0.1, -0.05) is 124 Å². The molecule has 202 valence electrons. The van der Waals surface area contributed by atoms with Gasteiger partial charge in [0, 0.05) is 12.8 Å². The Balaban J connectivity index is 1.75. The number of phenolic OH excluding ortho intramolecular Hbond substituents is 1. The normalized spacial score (nSPS) is 13.4. The highest BCUT2D eigenvalue weighted by Gasteiger charge is 2.45. The minimum absolute atomic E-state index is 0.187. The van der Waals surface area contributed by atoms with Crippen molar-refractivity contribution in [3.63, 3.8) is 0 Å². The van der Waals surface area contributed by atoms with Crippen molar-refractivity contribution < 1.29 is 14.6 Å². The van der Waals surface area contributed by atoms with E-state index < -0.39 is 11.0 Å². The second-order valence-corrected chi connectivity index (χ2v) is 11.6. The minimum Gasteiger partial charge on any atom is -0.508 e. The lowest BCUT2D eigenvalue weighted by molar-refractivity contribution is -0.175. The van der Waals surface area contributed by atoms with E-state index in [9.17, 15) is 9.90 Å². The molecule has 0 aliphatic carbocycles. The Hall–Kier alpha value is -3.85. The van der Waals surface area contributed by atoms with Gasteiger partial charge in [0.2, 0.25) is 0 Å². The summed E-state index contributed by atoms with van der Waals surface area (Å²) in [4.78, 5) is 14.4. The van der Waals surface area contributed by atoms with Crippen molar-refractivity contribution in [3.05, 3.63) is 138 Å². The van der Waals surface area contributed by atoms with Crippen molar-refractivity contribution in [2.45, 2.75) is 64.4 Å². The van der Waals surface area contributed by atoms with E-state index in [0.717, 1.165) is 22.3 Å². The van der Waals surface area contributed by atoms with Gasteiger partial charge in [-0.2, -0.15) is 0 Å². The van der Waals surface area contributed by atoms with Crippen LogP contribution in [0.5, 0.6) is 5.75 Å². The first-order chi connectivity index (χ1) is 18.7. The molecule has 0 aliphatic rings. The fraction of sp³-hybridized carbons (Fsp3) is 0.306. The average Bonchev–Trinajstić information content (AvgIpc) is 2.94. The van der Waals surface area contributed by atoms with Crippen LogP contribution in [-0.4, -0.2) is 11.1 Å². The van der Waals surface area contributed by atoms with Gasteiger partial charge in [-0.25, -0.2) is 0 Å². The molecule has 0 fully saturated rings. The Morgan fingerprint density at radius 1 is 0.667 bits per heavy atom. The Bertz CT molecular complexity index is 1290. The van der Waals surface area contributed by atoms with Crippen LogP contribution in [0.15, 0.2) is 115 Å². The highest BCUT2D eigenvalue weighted by molar-refractivity contribution is 5.77. The summed E-state index contributed by atoms with van der Waals surface area (Å²) in [7, 11) is 0. The predicted molar refractivity (Wildman–Crippen MR) is 159 cm³/mol. The van der Waals surface area contributed by atoms with Crippen LogP contribution >= 0.6 is 0 Å². The molecule has 0 saturated carbocycles.